The number of fused-ring (bicyclic) bond motifs is 2. The molecular weight excluding hydrogens is 496 g/mol. The van der Waals surface area contributed by atoms with Crippen LogP contribution in [0.3, 0.4) is 0 Å². The van der Waals surface area contributed by atoms with Crippen LogP contribution >= 0.6 is 0 Å². The molecule has 4 aromatic carbocycles. The smallest absolute Gasteiger partial charge is 0.258 e. The Morgan fingerprint density at radius 3 is 2.11 bits per heavy atom. The average molecular weight is 523 g/mol. The van der Waals surface area contributed by atoms with Crippen molar-refractivity contribution in [1.29, 1.82) is 0 Å². The van der Waals surface area contributed by atoms with E-state index in [1.165, 1.54) is 6.07 Å². The molecule has 0 amide bonds. The van der Waals surface area contributed by atoms with Crippen molar-refractivity contribution in [3.05, 3.63) is 141 Å². The van der Waals surface area contributed by atoms with Crippen LogP contribution in [0.1, 0.15) is 40.7 Å². The number of rotatable bonds is 5. The predicted octanol–water partition coefficient (Wildman–Crippen LogP) is 6.56. The first kappa shape index (κ1) is 24.3. The van der Waals surface area contributed by atoms with Crippen molar-refractivity contribution in [3.63, 3.8) is 0 Å². The van der Waals surface area contributed by atoms with Gasteiger partial charge in [0.25, 0.3) is 5.69 Å². The lowest BCUT2D eigenvalue weighted by atomic mass is 9.81. The molecule has 38 heavy (non-hydrogen) atoms. The zero-order valence-corrected chi connectivity index (χ0v) is 21.7. The van der Waals surface area contributed by atoms with Gasteiger partial charge >= 0.3 is 0 Å². The quantitative estimate of drug-likeness (QED) is 0.220. The van der Waals surface area contributed by atoms with Gasteiger partial charge in [0.05, 0.1) is 15.4 Å². The Labute approximate surface area is 222 Å². The molecule has 6 rings (SSSR count). The van der Waals surface area contributed by atoms with Crippen molar-refractivity contribution in [2.45, 2.75) is 30.2 Å². The number of nitrogens with zero attached hydrogens (tertiary/aromatic N) is 2. The van der Waals surface area contributed by atoms with Crippen LogP contribution in [0.4, 0.5) is 5.69 Å². The zero-order valence-electron chi connectivity index (χ0n) is 20.9. The summed E-state index contributed by atoms with van der Waals surface area (Å²) in [4.78, 5) is 11.7. The first-order valence-corrected chi connectivity index (χ1v) is 14.0. The van der Waals surface area contributed by atoms with Crippen LogP contribution in [0, 0.1) is 17.0 Å². The number of sulfonamides is 1. The van der Waals surface area contributed by atoms with Crippen LogP contribution in [0.2, 0.25) is 0 Å². The Kier molecular flexibility index (Phi) is 5.78. The van der Waals surface area contributed by atoms with E-state index in [0.29, 0.717) is 24.9 Å². The number of hydrogen-bond donors (Lipinski definition) is 0. The standard InChI is InChI=1S/C31H26N2O4S/c1-22-13-16-26(17-14-22)38(36,37)32-20-8-19-31(32)28-18-15-25(33(34)35)21-27(28)29(23-9-4-2-5-10-23)30(31)24-11-6-3-7-12-24/h2-7,9-18,21H,8,19-20H2,1H3/t31-/m1/s1. The van der Waals surface area contributed by atoms with Gasteiger partial charge in [0.1, 0.15) is 0 Å². The second-order valence-electron chi connectivity index (χ2n) is 9.82. The highest BCUT2D eigenvalue weighted by molar-refractivity contribution is 7.89. The molecule has 1 aliphatic carbocycles. The first-order chi connectivity index (χ1) is 18.3. The normalized spacial score (nSPS) is 19.2. The van der Waals surface area contributed by atoms with Gasteiger partial charge in [-0.25, -0.2) is 8.42 Å². The second-order valence-corrected chi connectivity index (χ2v) is 11.7. The monoisotopic (exact) mass is 522 g/mol. The lowest BCUT2D eigenvalue weighted by Gasteiger charge is -2.38. The molecule has 4 aromatic rings. The van der Waals surface area contributed by atoms with Crippen molar-refractivity contribution in [3.8, 4) is 0 Å². The maximum Gasteiger partial charge on any atom is 0.270 e. The number of non-ortho nitro benzene ring substituents is 1. The second kappa shape index (κ2) is 9.04. The zero-order chi connectivity index (χ0) is 26.5. The number of benzene rings is 4. The minimum Gasteiger partial charge on any atom is -0.258 e. The summed E-state index contributed by atoms with van der Waals surface area (Å²) in [6.45, 7) is 2.28. The fraction of sp³-hybridized carbons (Fsp3) is 0.161. The first-order valence-electron chi connectivity index (χ1n) is 12.6. The Balaban J connectivity index is 1.71. The molecule has 1 spiro atoms. The van der Waals surface area contributed by atoms with Gasteiger partial charge in [-0.3, -0.25) is 10.1 Å². The molecule has 0 bridgehead atoms. The molecule has 0 N–H and O–H groups in total. The SMILES string of the molecule is Cc1ccc(S(=O)(=O)N2CCC[C@@]23C(c2ccccc2)=C(c2ccccc2)c2cc([N+](=O)[O-])ccc23)cc1. The summed E-state index contributed by atoms with van der Waals surface area (Å²) in [5, 5.41) is 11.8. The number of nitro benzene ring substituents is 1. The third-order valence-corrected chi connectivity index (χ3v) is 9.59. The lowest BCUT2D eigenvalue weighted by molar-refractivity contribution is -0.384. The van der Waals surface area contributed by atoms with Gasteiger partial charge in [0.2, 0.25) is 10.0 Å². The number of nitro groups is 1. The van der Waals surface area contributed by atoms with Crippen LogP contribution in [-0.2, 0) is 15.6 Å². The van der Waals surface area contributed by atoms with Crippen LogP contribution in [0.5, 0.6) is 0 Å². The third-order valence-electron chi connectivity index (χ3n) is 7.65. The Bertz CT molecular complexity index is 1680. The molecular formula is C31H26N2O4S. The summed E-state index contributed by atoms with van der Waals surface area (Å²) in [5.41, 5.74) is 4.95. The van der Waals surface area contributed by atoms with Crippen molar-refractivity contribution in [2.75, 3.05) is 6.54 Å². The average Bonchev–Trinajstić information content (AvgIpc) is 3.50. The van der Waals surface area contributed by atoms with E-state index in [2.05, 4.69) is 0 Å². The van der Waals surface area contributed by atoms with E-state index in [1.807, 2.05) is 79.7 Å². The van der Waals surface area contributed by atoms with Gasteiger partial charge in [-0.15, -0.1) is 0 Å². The molecule has 190 valence electrons. The van der Waals surface area contributed by atoms with Crippen molar-refractivity contribution >= 4 is 26.9 Å². The van der Waals surface area contributed by atoms with Gasteiger partial charge in [-0.2, -0.15) is 4.31 Å². The van der Waals surface area contributed by atoms with Crippen LogP contribution in [-0.4, -0.2) is 24.2 Å². The van der Waals surface area contributed by atoms with E-state index >= 15 is 0 Å². The molecule has 2 aliphatic rings. The molecule has 0 unspecified atom stereocenters. The molecule has 0 aromatic heterocycles. The highest BCUT2D eigenvalue weighted by Gasteiger charge is 2.56. The number of aryl methyl sites for hydroxylation is 1. The molecule has 1 atom stereocenters. The Morgan fingerprint density at radius 2 is 1.47 bits per heavy atom. The molecule has 1 saturated heterocycles. The van der Waals surface area contributed by atoms with Gasteiger partial charge in [0, 0.05) is 18.7 Å². The maximum absolute atomic E-state index is 14.3. The topological polar surface area (TPSA) is 80.5 Å². The van der Waals surface area contributed by atoms with E-state index in [-0.39, 0.29) is 10.6 Å². The van der Waals surface area contributed by atoms with Crippen LogP contribution in [0.15, 0.2) is 108 Å². The van der Waals surface area contributed by atoms with E-state index < -0.39 is 20.5 Å². The molecule has 1 fully saturated rings. The minimum atomic E-state index is -3.90. The fourth-order valence-electron chi connectivity index (χ4n) is 6.06. The Hall–Kier alpha value is -4.07. The summed E-state index contributed by atoms with van der Waals surface area (Å²) < 4.78 is 30.2. The maximum atomic E-state index is 14.3. The summed E-state index contributed by atoms with van der Waals surface area (Å²) in [6, 6.07) is 31.4. The van der Waals surface area contributed by atoms with Gasteiger partial charge in [-0.05, 0) is 71.4 Å². The van der Waals surface area contributed by atoms with Crippen molar-refractivity contribution in [2.24, 2.45) is 0 Å². The molecule has 0 radical (unpaired) electrons. The van der Waals surface area contributed by atoms with E-state index in [1.54, 1.807) is 28.6 Å². The molecule has 0 saturated carbocycles. The molecule has 7 heteroatoms. The summed E-state index contributed by atoms with van der Waals surface area (Å²) in [5.74, 6) is 0. The fourth-order valence-corrected chi connectivity index (χ4v) is 7.85. The Morgan fingerprint density at radius 1 is 0.842 bits per heavy atom. The van der Waals surface area contributed by atoms with E-state index in [9.17, 15) is 18.5 Å². The highest BCUT2D eigenvalue weighted by atomic mass is 32.2. The highest BCUT2D eigenvalue weighted by Crippen LogP contribution is 2.60. The van der Waals surface area contributed by atoms with E-state index in [0.717, 1.165) is 33.4 Å². The minimum absolute atomic E-state index is 0.0208. The molecule has 6 nitrogen and oxygen atoms in total. The molecule has 1 aliphatic heterocycles. The summed E-state index contributed by atoms with van der Waals surface area (Å²) >= 11 is 0. The van der Waals surface area contributed by atoms with Gasteiger partial charge in [-0.1, -0.05) is 78.4 Å². The molecule has 1 heterocycles. The van der Waals surface area contributed by atoms with Crippen LogP contribution in [0.25, 0.3) is 11.1 Å². The predicted molar refractivity (Wildman–Crippen MR) is 148 cm³/mol. The largest absolute Gasteiger partial charge is 0.270 e. The van der Waals surface area contributed by atoms with Gasteiger partial charge in [0.15, 0.2) is 0 Å². The summed E-state index contributed by atoms with van der Waals surface area (Å²) in [7, 11) is -3.90. The van der Waals surface area contributed by atoms with Crippen molar-refractivity contribution < 1.29 is 13.3 Å². The van der Waals surface area contributed by atoms with Crippen LogP contribution < -0.4 is 0 Å². The number of hydrogen-bond acceptors (Lipinski definition) is 4. The van der Waals surface area contributed by atoms with Gasteiger partial charge < -0.3 is 0 Å². The summed E-state index contributed by atoms with van der Waals surface area (Å²) in [6.07, 6.45) is 1.24. The van der Waals surface area contributed by atoms with E-state index in [4.69, 9.17) is 0 Å². The van der Waals surface area contributed by atoms with Crippen molar-refractivity contribution in [1.82, 2.24) is 4.31 Å². The lowest BCUT2D eigenvalue weighted by Crippen LogP contribution is -2.44. The third kappa shape index (κ3) is 3.61.